The van der Waals surface area contributed by atoms with Crippen LogP contribution in [-0.2, 0) is 9.59 Å². The number of aryl methyl sites for hydroxylation is 2. The van der Waals surface area contributed by atoms with Gasteiger partial charge in [-0.2, -0.15) is 0 Å². The summed E-state index contributed by atoms with van der Waals surface area (Å²) in [5.41, 5.74) is 0.656. The van der Waals surface area contributed by atoms with Crippen molar-refractivity contribution in [3.63, 3.8) is 0 Å². The Hall–Kier alpha value is -1.69. The fourth-order valence-corrected chi connectivity index (χ4v) is 2.97. The highest BCUT2D eigenvalue weighted by Gasteiger charge is 2.23. The molecule has 1 aromatic heterocycles. The van der Waals surface area contributed by atoms with E-state index < -0.39 is 17.9 Å². The maximum absolute atomic E-state index is 12.0. The molecule has 0 bridgehead atoms. The smallest absolute Gasteiger partial charge is 0.326 e. The van der Waals surface area contributed by atoms with E-state index in [4.69, 9.17) is 5.11 Å². The van der Waals surface area contributed by atoms with Crippen LogP contribution in [0.5, 0.6) is 0 Å². The molecule has 0 spiro atoms. The first-order chi connectivity index (χ1) is 9.72. The maximum Gasteiger partial charge on any atom is 0.326 e. The summed E-state index contributed by atoms with van der Waals surface area (Å²) in [6.07, 6.45) is 0.0942. The summed E-state index contributed by atoms with van der Waals surface area (Å²) in [6.45, 7) is 7.26. The van der Waals surface area contributed by atoms with Crippen molar-refractivity contribution in [2.75, 3.05) is 0 Å². The molecule has 116 valence electrons. The fraction of sp³-hybridized carbons (Fsp3) is 0.533. The lowest BCUT2D eigenvalue weighted by molar-refractivity contribution is -0.143. The van der Waals surface area contributed by atoms with Crippen LogP contribution in [0.4, 0.5) is 0 Å². The van der Waals surface area contributed by atoms with E-state index in [2.05, 4.69) is 5.32 Å². The lowest BCUT2D eigenvalue weighted by Crippen LogP contribution is -2.44. The van der Waals surface area contributed by atoms with Crippen LogP contribution in [0, 0.1) is 19.8 Å². The highest BCUT2D eigenvalue weighted by Crippen LogP contribution is 2.22. The second kappa shape index (κ2) is 7.36. The summed E-state index contributed by atoms with van der Waals surface area (Å²) < 4.78 is 0. The third-order valence-corrected chi connectivity index (χ3v) is 4.14. The van der Waals surface area contributed by atoms with Gasteiger partial charge in [0.05, 0.1) is 0 Å². The summed E-state index contributed by atoms with van der Waals surface area (Å²) >= 11 is 1.55. The molecular formula is C15H21NO4S. The van der Waals surface area contributed by atoms with Crippen LogP contribution in [0.3, 0.4) is 0 Å². The van der Waals surface area contributed by atoms with E-state index in [0.29, 0.717) is 5.56 Å². The number of Topliss-reactive ketones (excluding diaryl/α,β-unsaturated/α-hetero) is 1. The highest BCUT2D eigenvalue weighted by atomic mass is 32.1. The van der Waals surface area contributed by atoms with Crippen LogP contribution in [-0.4, -0.2) is 28.8 Å². The highest BCUT2D eigenvalue weighted by molar-refractivity contribution is 7.12. The number of thiophene rings is 1. The zero-order chi connectivity index (χ0) is 16.2. The van der Waals surface area contributed by atoms with E-state index in [1.165, 1.54) is 0 Å². The normalized spacial score (nSPS) is 12.2. The first-order valence-corrected chi connectivity index (χ1v) is 7.66. The summed E-state index contributed by atoms with van der Waals surface area (Å²) in [5.74, 6) is -1.75. The summed E-state index contributed by atoms with van der Waals surface area (Å²) in [4.78, 5) is 36.8. The van der Waals surface area contributed by atoms with Crippen molar-refractivity contribution < 1.29 is 19.5 Å². The SMILES string of the molecule is Cc1cc(C(=O)CCC(=O)NC(C(=O)O)C(C)C)c(C)s1. The number of hydrogen-bond acceptors (Lipinski definition) is 4. The minimum absolute atomic E-state index is 0.00364. The zero-order valence-electron chi connectivity index (χ0n) is 12.7. The van der Waals surface area contributed by atoms with Crippen molar-refractivity contribution >= 4 is 29.0 Å². The number of carboxylic acids is 1. The van der Waals surface area contributed by atoms with E-state index >= 15 is 0 Å². The number of carbonyl (C=O) groups is 3. The molecule has 0 saturated carbocycles. The number of ketones is 1. The number of rotatable bonds is 7. The Balaban J connectivity index is 2.55. The Bertz CT molecular complexity index is 548. The number of carbonyl (C=O) groups excluding carboxylic acids is 2. The van der Waals surface area contributed by atoms with Crippen molar-refractivity contribution in [3.05, 3.63) is 21.4 Å². The summed E-state index contributed by atoms with van der Waals surface area (Å²) in [6, 6.07) is 0.909. The van der Waals surface area contributed by atoms with Crippen LogP contribution < -0.4 is 5.32 Å². The van der Waals surface area contributed by atoms with Crippen molar-refractivity contribution in [1.82, 2.24) is 5.32 Å². The van der Waals surface area contributed by atoms with Gasteiger partial charge in [-0.05, 0) is 25.8 Å². The van der Waals surface area contributed by atoms with Crippen LogP contribution in [0.15, 0.2) is 6.07 Å². The zero-order valence-corrected chi connectivity index (χ0v) is 13.5. The van der Waals surface area contributed by atoms with Crippen LogP contribution >= 0.6 is 11.3 Å². The molecule has 1 heterocycles. The monoisotopic (exact) mass is 311 g/mol. The van der Waals surface area contributed by atoms with E-state index in [1.807, 2.05) is 19.9 Å². The van der Waals surface area contributed by atoms with E-state index in [-0.39, 0.29) is 24.5 Å². The second-order valence-electron chi connectivity index (χ2n) is 5.38. The van der Waals surface area contributed by atoms with Gasteiger partial charge in [0.15, 0.2) is 5.78 Å². The molecule has 1 unspecified atom stereocenters. The number of hydrogen-bond donors (Lipinski definition) is 2. The van der Waals surface area contributed by atoms with Crippen molar-refractivity contribution in [2.45, 2.75) is 46.6 Å². The largest absolute Gasteiger partial charge is 0.480 e. The average molecular weight is 311 g/mol. The molecule has 0 aliphatic carbocycles. The average Bonchev–Trinajstić information content (AvgIpc) is 2.71. The lowest BCUT2D eigenvalue weighted by atomic mass is 10.0. The quantitative estimate of drug-likeness (QED) is 0.758. The Kier molecular flexibility index (Phi) is 6.08. The number of carboxylic acid groups (broad SMARTS) is 1. The van der Waals surface area contributed by atoms with Crippen LogP contribution in [0.1, 0.15) is 46.8 Å². The third-order valence-electron chi connectivity index (χ3n) is 3.17. The standard InChI is InChI=1S/C15H21NO4S/c1-8(2)14(15(19)20)16-13(18)6-5-12(17)11-7-9(3)21-10(11)4/h7-8,14H,5-6H2,1-4H3,(H,16,18)(H,19,20). The van der Waals surface area contributed by atoms with Gasteiger partial charge in [0, 0.05) is 28.2 Å². The minimum atomic E-state index is -1.06. The van der Waals surface area contributed by atoms with Gasteiger partial charge in [-0.3, -0.25) is 9.59 Å². The summed E-state index contributed by atoms with van der Waals surface area (Å²) in [5, 5.41) is 11.5. The van der Waals surface area contributed by atoms with Crippen molar-refractivity contribution in [1.29, 1.82) is 0 Å². The van der Waals surface area contributed by atoms with E-state index in [0.717, 1.165) is 9.75 Å². The van der Waals surface area contributed by atoms with Gasteiger partial charge < -0.3 is 10.4 Å². The van der Waals surface area contributed by atoms with Gasteiger partial charge in [-0.25, -0.2) is 4.79 Å². The van der Waals surface area contributed by atoms with Gasteiger partial charge in [-0.1, -0.05) is 13.8 Å². The minimum Gasteiger partial charge on any atom is -0.480 e. The first-order valence-electron chi connectivity index (χ1n) is 6.84. The molecule has 1 aromatic rings. The van der Waals surface area contributed by atoms with Gasteiger partial charge in [-0.15, -0.1) is 11.3 Å². The Morgan fingerprint density at radius 2 is 1.86 bits per heavy atom. The molecule has 6 heteroatoms. The molecule has 0 radical (unpaired) electrons. The van der Waals surface area contributed by atoms with Crippen LogP contribution in [0.25, 0.3) is 0 Å². The van der Waals surface area contributed by atoms with Gasteiger partial charge >= 0.3 is 5.97 Å². The van der Waals surface area contributed by atoms with Crippen molar-refractivity contribution in [2.24, 2.45) is 5.92 Å². The number of amides is 1. The van der Waals surface area contributed by atoms with E-state index in [9.17, 15) is 14.4 Å². The molecule has 0 saturated heterocycles. The van der Waals surface area contributed by atoms with Gasteiger partial charge in [0.25, 0.3) is 0 Å². The Morgan fingerprint density at radius 1 is 1.24 bits per heavy atom. The van der Waals surface area contributed by atoms with Crippen LogP contribution in [0.2, 0.25) is 0 Å². The topological polar surface area (TPSA) is 83.5 Å². The molecule has 0 aliphatic heterocycles. The van der Waals surface area contributed by atoms with E-state index in [1.54, 1.807) is 25.2 Å². The maximum atomic E-state index is 12.0. The molecule has 5 nitrogen and oxygen atoms in total. The lowest BCUT2D eigenvalue weighted by Gasteiger charge is -2.17. The van der Waals surface area contributed by atoms with Crippen molar-refractivity contribution in [3.8, 4) is 0 Å². The molecule has 1 rings (SSSR count). The number of aliphatic carboxylic acids is 1. The fourth-order valence-electron chi connectivity index (χ4n) is 2.03. The molecule has 1 atom stereocenters. The first kappa shape index (κ1) is 17.4. The molecule has 0 aliphatic rings. The molecular weight excluding hydrogens is 290 g/mol. The molecule has 1 amide bonds. The Morgan fingerprint density at radius 3 is 2.29 bits per heavy atom. The second-order valence-corrected chi connectivity index (χ2v) is 6.84. The number of nitrogens with one attached hydrogen (secondary N) is 1. The Labute approximate surface area is 128 Å². The molecule has 0 aromatic carbocycles. The third kappa shape index (κ3) is 4.97. The predicted molar refractivity (Wildman–Crippen MR) is 81.8 cm³/mol. The molecule has 0 fully saturated rings. The molecule has 2 N–H and O–H groups in total. The van der Waals surface area contributed by atoms with Gasteiger partial charge in [0.1, 0.15) is 6.04 Å². The summed E-state index contributed by atoms with van der Waals surface area (Å²) in [7, 11) is 0. The predicted octanol–water partition coefficient (Wildman–Crippen LogP) is 2.55. The van der Waals surface area contributed by atoms with Gasteiger partial charge in [0.2, 0.25) is 5.91 Å². The molecule has 21 heavy (non-hydrogen) atoms.